The topological polar surface area (TPSA) is 64.2 Å². The van der Waals surface area contributed by atoms with E-state index in [4.69, 9.17) is 10.8 Å². The highest BCUT2D eigenvalue weighted by Crippen LogP contribution is 2.28. The van der Waals surface area contributed by atoms with E-state index in [1.807, 2.05) is 9.58 Å². The van der Waals surface area contributed by atoms with Crippen LogP contribution in [0.4, 0.5) is 0 Å². The quantitative estimate of drug-likeness (QED) is 0.921. The zero-order valence-corrected chi connectivity index (χ0v) is 14.2. The Morgan fingerprint density at radius 1 is 1.21 bits per heavy atom. The number of benzene rings is 1. The van der Waals surface area contributed by atoms with Crippen LogP contribution in [0, 0.1) is 6.92 Å². The molecule has 0 bridgehead atoms. The van der Waals surface area contributed by atoms with Crippen LogP contribution in [0.25, 0.3) is 5.69 Å². The number of carbonyl (C=O) groups is 1. The van der Waals surface area contributed by atoms with Crippen molar-refractivity contribution >= 4 is 5.91 Å². The van der Waals surface area contributed by atoms with Crippen molar-refractivity contribution in [1.29, 1.82) is 0 Å². The highest BCUT2D eigenvalue weighted by Gasteiger charge is 2.31. The highest BCUT2D eigenvalue weighted by atomic mass is 16.2. The van der Waals surface area contributed by atoms with Crippen molar-refractivity contribution in [2.24, 2.45) is 5.73 Å². The van der Waals surface area contributed by atoms with E-state index < -0.39 is 0 Å². The number of aromatic nitrogens is 2. The van der Waals surface area contributed by atoms with Crippen molar-refractivity contribution in [3.8, 4) is 5.69 Å². The normalized spacial score (nSPS) is 20.2. The number of aryl methyl sites for hydroxylation is 1. The van der Waals surface area contributed by atoms with Crippen molar-refractivity contribution in [2.75, 3.05) is 13.1 Å². The largest absolute Gasteiger partial charge is 0.336 e. The van der Waals surface area contributed by atoms with Gasteiger partial charge in [0.2, 0.25) is 0 Å². The molecule has 1 aliphatic heterocycles. The minimum Gasteiger partial charge on any atom is -0.336 e. The van der Waals surface area contributed by atoms with Gasteiger partial charge in [-0.1, -0.05) is 17.7 Å². The number of hydrogen-bond acceptors (Lipinski definition) is 3. The summed E-state index contributed by atoms with van der Waals surface area (Å²) in [6.45, 7) is 3.46. The fraction of sp³-hybridized carbons (Fsp3) is 0.474. The summed E-state index contributed by atoms with van der Waals surface area (Å²) in [6, 6.07) is 8.44. The summed E-state index contributed by atoms with van der Waals surface area (Å²) in [4.78, 5) is 14.8. The number of nitrogens with zero attached hydrogens (tertiary/aromatic N) is 3. The van der Waals surface area contributed by atoms with Gasteiger partial charge < -0.3 is 10.6 Å². The molecule has 1 aromatic heterocycles. The Balaban J connectivity index is 1.75. The molecule has 1 fully saturated rings. The minimum atomic E-state index is 0.0481. The first-order chi connectivity index (χ1) is 11.6. The van der Waals surface area contributed by atoms with Gasteiger partial charge in [0.1, 0.15) is 0 Å². The van der Waals surface area contributed by atoms with E-state index in [2.05, 4.69) is 31.2 Å². The molecule has 2 N–H and O–H groups in total. The third kappa shape index (κ3) is 2.63. The predicted molar refractivity (Wildman–Crippen MR) is 93.4 cm³/mol. The Morgan fingerprint density at radius 3 is 2.67 bits per heavy atom. The SMILES string of the molecule is Cc1ccc(-n2nc(C(=O)N3CC[C@@H](N)C3)c3c2CCCC3)cc1. The van der Waals surface area contributed by atoms with Crippen LogP contribution in [-0.4, -0.2) is 39.7 Å². The number of likely N-dealkylation sites (tertiary alicyclic amines) is 1. The van der Waals surface area contributed by atoms with E-state index in [0.717, 1.165) is 49.9 Å². The van der Waals surface area contributed by atoms with Crippen LogP contribution >= 0.6 is 0 Å². The molecule has 1 aliphatic carbocycles. The van der Waals surface area contributed by atoms with Gasteiger partial charge in [-0.05, 0) is 51.2 Å². The first kappa shape index (κ1) is 15.4. The molecule has 2 aliphatic rings. The molecule has 1 amide bonds. The summed E-state index contributed by atoms with van der Waals surface area (Å²) in [5.74, 6) is 0.0481. The Hall–Kier alpha value is -2.14. The van der Waals surface area contributed by atoms with Gasteiger partial charge in [-0.2, -0.15) is 5.10 Å². The summed E-state index contributed by atoms with van der Waals surface area (Å²) in [7, 11) is 0. The van der Waals surface area contributed by atoms with E-state index >= 15 is 0 Å². The van der Waals surface area contributed by atoms with Gasteiger partial charge in [-0.25, -0.2) is 4.68 Å². The molecule has 5 nitrogen and oxygen atoms in total. The smallest absolute Gasteiger partial charge is 0.274 e. The molecule has 4 rings (SSSR count). The Kier molecular flexibility index (Phi) is 3.88. The standard InChI is InChI=1S/C19H24N4O/c1-13-6-8-15(9-7-13)23-17-5-3-2-4-16(17)18(21-23)19(24)22-11-10-14(20)12-22/h6-9,14H,2-5,10-12,20H2,1H3/t14-/m1/s1. The lowest BCUT2D eigenvalue weighted by atomic mass is 9.95. The van der Waals surface area contributed by atoms with E-state index in [-0.39, 0.29) is 11.9 Å². The second-order valence-electron chi connectivity index (χ2n) is 7.03. The minimum absolute atomic E-state index is 0.0481. The molecule has 5 heteroatoms. The van der Waals surface area contributed by atoms with E-state index in [9.17, 15) is 4.79 Å². The van der Waals surface area contributed by atoms with Crippen LogP contribution in [0.1, 0.15) is 46.6 Å². The monoisotopic (exact) mass is 324 g/mol. The Labute approximate surface area is 142 Å². The third-order valence-electron chi connectivity index (χ3n) is 5.17. The number of amides is 1. The van der Waals surface area contributed by atoms with Gasteiger partial charge in [-0.15, -0.1) is 0 Å². The Morgan fingerprint density at radius 2 is 1.96 bits per heavy atom. The summed E-state index contributed by atoms with van der Waals surface area (Å²) < 4.78 is 1.98. The van der Waals surface area contributed by atoms with Gasteiger partial charge >= 0.3 is 0 Å². The second-order valence-corrected chi connectivity index (χ2v) is 7.03. The average Bonchev–Trinajstić information content (AvgIpc) is 3.19. The van der Waals surface area contributed by atoms with Gasteiger partial charge in [-0.3, -0.25) is 4.79 Å². The van der Waals surface area contributed by atoms with E-state index in [1.165, 1.54) is 11.3 Å². The van der Waals surface area contributed by atoms with Crippen molar-refractivity contribution < 1.29 is 4.79 Å². The van der Waals surface area contributed by atoms with Crippen LogP contribution < -0.4 is 5.73 Å². The maximum atomic E-state index is 13.0. The highest BCUT2D eigenvalue weighted by molar-refractivity contribution is 5.94. The molecule has 1 aromatic carbocycles. The molecular formula is C19H24N4O. The summed E-state index contributed by atoms with van der Waals surface area (Å²) in [6.07, 6.45) is 5.11. The van der Waals surface area contributed by atoms with Crippen molar-refractivity contribution in [1.82, 2.24) is 14.7 Å². The van der Waals surface area contributed by atoms with Gasteiger partial charge in [0.25, 0.3) is 5.91 Å². The molecule has 2 aromatic rings. The molecule has 0 radical (unpaired) electrons. The summed E-state index contributed by atoms with van der Waals surface area (Å²) in [5.41, 5.74) is 11.2. The Bertz CT molecular complexity index is 762. The van der Waals surface area contributed by atoms with Crippen LogP contribution in [0.2, 0.25) is 0 Å². The molecule has 1 saturated heterocycles. The maximum Gasteiger partial charge on any atom is 0.274 e. The van der Waals surface area contributed by atoms with Crippen LogP contribution in [0.5, 0.6) is 0 Å². The van der Waals surface area contributed by atoms with E-state index in [0.29, 0.717) is 12.2 Å². The molecule has 24 heavy (non-hydrogen) atoms. The van der Waals surface area contributed by atoms with Gasteiger partial charge in [0.05, 0.1) is 5.69 Å². The number of rotatable bonds is 2. The van der Waals surface area contributed by atoms with Crippen LogP contribution in [0.3, 0.4) is 0 Å². The maximum absolute atomic E-state index is 13.0. The number of carbonyl (C=O) groups excluding carboxylic acids is 1. The van der Waals surface area contributed by atoms with Crippen molar-refractivity contribution in [2.45, 2.75) is 45.1 Å². The molecular weight excluding hydrogens is 300 g/mol. The molecule has 0 spiro atoms. The zero-order chi connectivity index (χ0) is 16.7. The summed E-state index contributed by atoms with van der Waals surface area (Å²) >= 11 is 0. The van der Waals surface area contributed by atoms with E-state index in [1.54, 1.807) is 0 Å². The lowest BCUT2D eigenvalue weighted by Crippen LogP contribution is -2.32. The summed E-state index contributed by atoms with van der Waals surface area (Å²) in [5, 5.41) is 4.75. The number of nitrogens with two attached hydrogens (primary N) is 1. The number of hydrogen-bond donors (Lipinski definition) is 1. The fourth-order valence-corrected chi connectivity index (χ4v) is 3.79. The first-order valence-electron chi connectivity index (χ1n) is 8.86. The average molecular weight is 324 g/mol. The van der Waals surface area contributed by atoms with Crippen LogP contribution in [0.15, 0.2) is 24.3 Å². The second kappa shape index (κ2) is 6.06. The lowest BCUT2D eigenvalue weighted by molar-refractivity contribution is 0.0783. The molecule has 2 heterocycles. The van der Waals surface area contributed by atoms with Gasteiger partial charge in [0, 0.05) is 30.4 Å². The van der Waals surface area contributed by atoms with Crippen molar-refractivity contribution in [3.05, 3.63) is 46.8 Å². The predicted octanol–water partition coefficient (Wildman–Crippen LogP) is 2.23. The molecule has 0 saturated carbocycles. The molecule has 126 valence electrons. The lowest BCUT2D eigenvalue weighted by Gasteiger charge is -2.17. The molecule has 1 atom stereocenters. The van der Waals surface area contributed by atoms with Crippen LogP contribution in [-0.2, 0) is 12.8 Å². The first-order valence-corrected chi connectivity index (χ1v) is 8.86. The molecule has 0 unspecified atom stereocenters. The third-order valence-corrected chi connectivity index (χ3v) is 5.17. The fourth-order valence-electron chi connectivity index (χ4n) is 3.79. The number of fused-ring (bicyclic) bond motifs is 1. The van der Waals surface area contributed by atoms with Crippen molar-refractivity contribution in [3.63, 3.8) is 0 Å². The van der Waals surface area contributed by atoms with Gasteiger partial charge in [0.15, 0.2) is 5.69 Å². The zero-order valence-electron chi connectivity index (χ0n) is 14.2.